The Hall–Kier alpha value is -1.55. The summed E-state index contributed by atoms with van der Waals surface area (Å²) in [7, 11) is 1.89. The van der Waals surface area contributed by atoms with Gasteiger partial charge in [0.25, 0.3) is 0 Å². The average molecular weight is 304 g/mol. The number of carbonyl (C=O) groups excluding carboxylic acids is 1. The molecule has 1 amide bonds. The van der Waals surface area contributed by atoms with Crippen LogP contribution in [0, 0.1) is 5.92 Å². The highest BCUT2D eigenvalue weighted by molar-refractivity contribution is 5.90. The number of hydrogen-bond acceptors (Lipinski definition) is 3. The molecule has 1 aromatic carbocycles. The van der Waals surface area contributed by atoms with Crippen molar-refractivity contribution in [3.8, 4) is 5.75 Å². The Morgan fingerprint density at radius 2 is 1.91 bits per heavy atom. The van der Waals surface area contributed by atoms with Crippen LogP contribution >= 0.6 is 0 Å². The topological polar surface area (TPSA) is 50.4 Å². The van der Waals surface area contributed by atoms with Gasteiger partial charge in [-0.3, -0.25) is 4.79 Å². The molecule has 4 nitrogen and oxygen atoms in total. The highest BCUT2D eigenvalue weighted by Gasteiger charge is 2.13. The normalized spacial score (nSPS) is 15.5. The van der Waals surface area contributed by atoms with E-state index in [1.54, 1.807) is 0 Å². The molecule has 1 aliphatic rings. The molecule has 0 atom stereocenters. The molecule has 1 aliphatic carbocycles. The van der Waals surface area contributed by atoms with Crippen molar-refractivity contribution in [2.24, 2.45) is 5.92 Å². The molecule has 22 heavy (non-hydrogen) atoms. The Labute approximate surface area is 133 Å². The molecule has 0 bridgehead atoms. The number of rotatable bonds is 8. The maximum absolute atomic E-state index is 11.7. The average Bonchev–Trinajstić information content (AvgIpc) is 2.55. The van der Waals surface area contributed by atoms with Crippen LogP contribution in [0.5, 0.6) is 5.75 Å². The van der Waals surface area contributed by atoms with Crippen LogP contribution in [-0.2, 0) is 4.79 Å². The number of nitrogens with one attached hydrogen (secondary N) is 2. The molecule has 122 valence electrons. The van der Waals surface area contributed by atoms with Crippen LogP contribution in [-0.4, -0.2) is 26.1 Å². The first kappa shape index (κ1) is 16.8. The largest absolute Gasteiger partial charge is 0.493 e. The second-order valence-corrected chi connectivity index (χ2v) is 6.09. The molecular weight excluding hydrogens is 276 g/mol. The van der Waals surface area contributed by atoms with E-state index in [9.17, 15) is 4.79 Å². The van der Waals surface area contributed by atoms with Crippen molar-refractivity contribution in [1.29, 1.82) is 0 Å². The number of hydrogen-bond donors (Lipinski definition) is 2. The van der Waals surface area contributed by atoms with Gasteiger partial charge >= 0.3 is 0 Å². The van der Waals surface area contributed by atoms with Gasteiger partial charge in [-0.1, -0.05) is 19.3 Å². The SMILES string of the molecule is CNCCCC(=O)Nc1ccc(OCC2CCCCC2)cc1. The lowest BCUT2D eigenvalue weighted by atomic mass is 9.90. The number of carbonyl (C=O) groups is 1. The van der Waals surface area contributed by atoms with Gasteiger partial charge in [0.05, 0.1) is 6.61 Å². The smallest absolute Gasteiger partial charge is 0.224 e. The molecule has 0 unspecified atom stereocenters. The van der Waals surface area contributed by atoms with Crippen molar-refractivity contribution < 1.29 is 9.53 Å². The van der Waals surface area contributed by atoms with Gasteiger partial charge in [0.2, 0.25) is 5.91 Å². The van der Waals surface area contributed by atoms with Gasteiger partial charge in [0.15, 0.2) is 0 Å². The lowest BCUT2D eigenvalue weighted by Crippen LogP contribution is -2.16. The third kappa shape index (κ3) is 6.06. The zero-order chi connectivity index (χ0) is 15.6. The number of anilines is 1. The Morgan fingerprint density at radius 3 is 2.59 bits per heavy atom. The highest BCUT2D eigenvalue weighted by Crippen LogP contribution is 2.25. The van der Waals surface area contributed by atoms with Gasteiger partial charge in [-0.05, 0) is 63.0 Å². The van der Waals surface area contributed by atoms with Gasteiger partial charge < -0.3 is 15.4 Å². The molecular formula is C18H28N2O2. The first-order valence-corrected chi connectivity index (χ1v) is 8.45. The van der Waals surface area contributed by atoms with Gasteiger partial charge in [0.1, 0.15) is 5.75 Å². The first-order valence-electron chi connectivity index (χ1n) is 8.45. The molecule has 2 N–H and O–H groups in total. The predicted molar refractivity (Wildman–Crippen MR) is 90.3 cm³/mol. The van der Waals surface area contributed by atoms with Crippen LogP contribution in [0.3, 0.4) is 0 Å². The van der Waals surface area contributed by atoms with Crippen LogP contribution in [0.15, 0.2) is 24.3 Å². The standard InChI is InChI=1S/C18H28N2O2/c1-19-13-5-8-18(21)20-16-9-11-17(12-10-16)22-14-15-6-3-2-4-7-15/h9-12,15,19H,2-8,13-14H2,1H3,(H,20,21). The van der Waals surface area contributed by atoms with Crippen molar-refractivity contribution in [2.75, 3.05) is 25.5 Å². The van der Waals surface area contributed by atoms with Crippen molar-refractivity contribution >= 4 is 11.6 Å². The Balaban J connectivity index is 1.71. The van der Waals surface area contributed by atoms with Gasteiger partial charge in [0, 0.05) is 12.1 Å². The summed E-state index contributed by atoms with van der Waals surface area (Å²) in [6.45, 7) is 1.68. The first-order chi connectivity index (χ1) is 10.8. The number of ether oxygens (including phenoxy) is 1. The van der Waals surface area contributed by atoms with Crippen LogP contribution < -0.4 is 15.4 Å². The summed E-state index contributed by atoms with van der Waals surface area (Å²) in [5, 5.41) is 5.95. The van der Waals surface area contributed by atoms with Crippen LogP contribution in [0.4, 0.5) is 5.69 Å². The zero-order valence-electron chi connectivity index (χ0n) is 13.6. The lowest BCUT2D eigenvalue weighted by molar-refractivity contribution is -0.116. The molecule has 1 aromatic rings. The highest BCUT2D eigenvalue weighted by atomic mass is 16.5. The summed E-state index contributed by atoms with van der Waals surface area (Å²) in [5.41, 5.74) is 0.833. The van der Waals surface area contributed by atoms with Crippen LogP contribution in [0.1, 0.15) is 44.9 Å². The monoisotopic (exact) mass is 304 g/mol. The van der Waals surface area contributed by atoms with E-state index < -0.39 is 0 Å². The molecule has 1 fully saturated rings. The predicted octanol–water partition coefficient (Wildman–Crippen LogP) is 3.58. The molecule has 0 aromatic heterocycles. The Morgan fingerprint density at radius 1 is 1.18 bits per heavy atom. The summed E-state index contributed by atoms with van der Waals surface area (Å²) in [5.74, 6) is 1.66. The number of benzene rings is 1. The number of amides is 1. The summed E-state index contributed by atoms with van der Waals surface area (Å²) < 4.78 is 5.86. The minimum absolute atomic E-state index is 0.0612. The van der Waals surface area contributed by atoms with E-state index in [-0.39, 0.29) is 5.91 Å². The third-order valence-corrected chi connectivity index (χ3v) is 4.18. The van der Waals surface area contributed by atoms with E-state index in [4.69, 9.17) is 4.74 Å². The molecule has 0 radical (unpaired) electrons. The molecule has 1 saturated carbocycles. The molecule has 0 heterocycles. The molecule has 2 rings (SSSR count). The van der Waals surface area contributed by atoms with Crippen molar-refractivity contribution in [3.05, 3.63) is 24.3 Å². The summed E-state index contributed by atoms with van der Waals surface area (Å²) in [4.78, 5) is 11.7. The van der Waals surface area contributed by atoms with E-state index in [0.717, 1.165) is 31.0 Å². The van der Waals surface area contributed by atoms with E-state index in [1.807, 2.05) is 31.3 Å². The lowest BCUT2D eigenvalue weighted by Gasteiger charge is -2.21. The van der Waals surface area contributed by atoms with E-state index in [0.29, 0.717) is 12.3 Å². The summed E-state index contributed by atoms with van der Waals surface area (Å²) in [6, 6.07) is 7.69. The van der Waals surface area contributed by atoms with Gasteiger partial charge in [-0.2, -0.15) is 0 Å². The maximum atomic E-state index is 11.7. The summed E-state index contributed by atoms with van der Waals surface area (Å²) in [6.07, 6.45) is 8.03. The second-order valence-electron chi connectivity index (χ2n) is 6.09. The summed E-state index contributed by atoms with van der Waals surface area (Å²) >= 11 is 0. The van der Waals surface area contributed by atoms with Gasteiger partial charge in [-0.25, -0.2) is 0 Å². The minimum atomic E-state index is 0.0612. The van der Waals surface area contributed by atoms with Crippen LogP contribution in [0.25, 0.3) is 0 Å². The quantitative estimate of drug-likeness (QED) is 0.722. The van der Waals surface area contributed by atoms with Gasteiger partial charge in [-0.15, -0.1) is 0 Å². The van der Waals surface area contributed by atoms with Crippen molar-refractivity contribution in [1.82, 2.24) is 5.32 Å². The fourth-order valence-corrected chi connectivity index (χ4v) is 2.85. The molecule has 4 heteroatoms. The van der Waals surface area contributed by atoms with E-state index >= 15 is 0 Å². The third-order valence-electron chi connectivity index (χ3n) is 4.18. The Kier molecular flexibility index (Phi) is 7.23. The molecule has 0 spiro atoms. The van der Waals surface area contributed by atoms with Crippen molar-refractivity contribution in [2.45, 2.75) is 44.9 Å². The zero-order valence-corrected chi connectivity index (χ0v) is 13.6. The van der Waals surface area contributed by atoms with E-state index in [2.05, 4.69) is 10.6 Å². The maximum Gasteiger partial charge on any atom is 0.224 e. The Bertz CT molecular complexity index is 439. The van der Waals surface area contributed by atoms with Crippen LogP contribution in [0.2, 0.25) is 0 Å². The minimum Gasteiger partial charge on any atom is -0.493 e. The van der Waals surface area contributed by atoms with Crippen molar-refractivity contribution in [3.63, 3.8) is 0 Å². The fourth-order valence-electron chi connectivity index (χ4n) is 2.85. The van der Waals surface area contributed by atoms with E-state index in [1.165, 1.54) is 32.1 Å². The second kappa shape index (κ2) is 9.46. The fraction of sp³-hybridized carbons (Fsp3) is 0.611. The molecule has 0 saturated heterocycles. The molecule has 0 aliphatic heterocycles.